The normalized spacial score (nSPS) is 11.2. The van der Waals surface area contributed by atoms with Crippen LogP contribution in [-0.2, 0) is 11.0 Å². The van der Waals surface area contributed by atoms with Crippen LogP contribution < -0.4 is 5.32 Å². The molecule has 0 atom stereocenters. The lowest BCUT2D eigenvalue weighted by Crippen LogP contribution is -2.28. The summed E-state index contributed by atoms with van der Waals surface area (Å²) in [4.78, 5) is 21.1. The molecule has 0 bridgehead atoms. The number of carboxylic acids is 1. The third-order valence-corrected chi connectivity index (χ3v) is 2.48. The number of rotatable bonds is 3. The SMILES string of the molecule is O=C(O)CNC(=O)c1cc(C(F)(F)F)cs1. The van der Waals surface area contributed by atoms with Gasteiger partial charge in [0.05, 0.1) is 10.4 Å². The fraction of sp³-hybridized carbons (Fsp3) is 0.250. The number of carbonyl (C=O) groups is 2. The van der Waals surface area contributed by atoms with Crippen molar-refractivity contribution in [3.05, 3.63) is 21.9 Å². The van der Waals surface area contributed by atoms with E-state index in [2.05, 4.69) is 0 Å². The molecule has 0 radical (unpaired) electrons. The highest BCUT2D eigenvalue weighted by molar-refractivity contribution is 7.12. The van der Waals surface area contributed by atoms with Gasteiger partial charge in [0.15, 0.2) is 0 Å². The summed E-state index contributed by atoms with van der Waals surface area (Å²) in [5.41, 5.74) is -0.919. The number of thiophene rings is 1. The second-order valence-electron chi connectivity index (χ2n) is 2.77. The highest BCUT2D eigenvalue weighted by Crippen LogP contribution is 2.32. The van der Waals surface area contributed by atoms with Crippen LogP contribution in [0.15, 0.2) is 11.4 Å². The number of hydrogen-bond donors (Lipinski definition) is 2. The Hall–Kier alpha value is -1.57. The van der Waals surface area contributed by atoms with Crippen LogP contribution >= 0.6 is 11.3 Å². The molecule has 0 aliphatic carbocycles. The van der Waals surface area contributed by atoms with E-state index in [1.165, 1.54) is 0 Å². The van der Waals surface area contributed by atoms with Gasteiger partial charge in [0, 0.05) is 5.38 Å². The van der Waals surface area contributed by atoms with Crippen LogP contribution in [0.4, 0.5) is 13.2 Å². The van der Waals surface area contributed by atoms with E-state index in [0.717, 1.165) is 5.38 Å². The van der Waals surface area contributed by atoms with Crippen molar-refractivity contribution in [2.45, 2.75) is 6.18 Å². The maximum absolute atomic E-state index is 12.2. The molecule has 8 heteroatoms. The molecule has 1 aromatic heterocycles. The zero-order valence-electron chi connectivity index (χ0n) is 7.67. The topological polar surface area (TPSA) is 66.4 Å². The summed E-state index contributed by atoms with van der Waals surface area (Å²) in [5.74, 6) is -2.09. The molecule has 0 aliphatic rings. The standard InChI is InChI=1S/C8H6F3NO3S/c9-8(10,11)4-1-5(16-3-4)7(15)12-2-6(13)14/h1,3H,2H2,(H,12,15)(H,13,14). The first-order valence-electron chi connectivity index (χ1n) is 3.96. The van der Waals surface area contributed by atoms with Crippen molar-refractivity contribution in [2.24, 2.45) is 0 Å². The highest BCUT2D eigenvalue weighted by Gasteiger charge is 2.32. The number of carbonyl (C=O) groups excluding carboxylic acids is 1. The van der Waals surface area contributed by atoms with Gasteiger partial charge in [-0.2, -0.15) is 13.2 Å². The van der Waals surface area contributed by atoms with E-state index in [4.69, 9.17) is 5.11 Å². The molecule has 0 saturated carbocycles. The molecule has 1 amide bonds. The first kappa shape index (κ1) is 12.5. The largest absolute Gasteiger partial charge is 0.480 e. The van der Waals surface area contributed by atoms with Gasteiger partial charge in [0.2, 0.25) is 0 Å². The van der Waals surface area contributed by atoms with Crippen LogP contribution in [-0.4, -0.2) is 23.5 Å². The van der Waals surface area contributed by atoms with Crippen LogP contribution in [0.2, 0.25) is 0 Å². The number of halogens is 3. The molecule has 0 aliphatic heterocycles. The average molecular weight is 253 g/mol. The molecule has 0 spiro atoms. The summed E-state index contributed by atoms with van der Waals surface area (Å²) in [5, 5.41) is 11.0. The van der Waals surface area contributed by atoms with Crippen LogP contribution in [0.5, 0.6) is 0 Å². The Labute approximate surface area is 91.7 Å². The molecular weight excluding hydrogens is 247 g/mol. The summed E-state index contributed by atoms with van der Waals surface area (Å²) in [6, 6.07) is 0.682. The first-order valence-corrected chi connectivity index (χ1v) is 4.84. The Balaban J connectivity index is 2.71. The van der Waals surface area contributed by atoms with Gasteiger partial charge in [-0.25, -0.2) is 0 Å². The molecule has 0 unspecified atom stereocenters. The van der Waals surface area contributed by atoms with Crippen LogP contribution in [0, 0.1) is 0 Å². The summed E-state index contributed by atoms with van der Waals surface area (Å²) in [6.07, 6.45) is -4.50. The Morgan fingerprint density at radius 2 is 2.06 bits per heavy atom. The third-order valence-electron chi connectivity index (χ3n) is 1.55. The fourth-order valence-corrected chi connectivity index (χ4v) is 1.68. The van der Waals surface area contributed by atoms with E-state index in [1.54, 1.807) is 0 Å². The lowest BCUT2D eigenvalue weighted by Gasteiger charge is -2.01. The van der Waals surface area contributed by atoms with E-state index < -0.39 is 30.2 Å². The van der Waals surface area contributed by atoms with Crippen LogP contribution in [0.3, 0.4) is 0 Å². The van der Waals surface area contributed by atoms with Gasteiger partial charge in [-0.15, -0.1) is 11.3 Å². The van der Waals surface area contributed by atoms with Crippen molar-refractivity contribution in [3.8, 4) is 0 Å². The number of nitrogens with one attached hydrogen (secondary N) is 1. The van der Waals surface area contributed by atoms with E-state index >= 15 is 0 Å². The minimum Gasteiger partial charge on any atom is -0.480 e. The van der Waals surface area contributed by atoms with E-state index in [0.29, 0.717) is 17.4 Å². The molecule has 16 heavy (non-hydrogen) atoms. The molecule has 88 valence electrons. The van der Waals surface area contributed by atoms with Gasteiger partial charge >= 0.3 is 12.1 Å². The molecule has 1 rings (SSSR count). The predicted molar refractivity (Wildman–Crippen MR) is 49.3 cm³/mol. The van der Waals surface area contributed by atoms with Crippen molar-refractivity contribution in [2.75, 3.05) is 6.54 Å². The van der Waals surface area contributed by atoms with E-state index in [9.17, 15) is 22.8 Å². The summed E-state index contributed by atoms with van der Waals surface area (Å²) in [7, 11) is 0. The molecular formula is C8H6F3NO3S. The number of amides is 1. The van der Waals surface area contributed by atoms with Crippen molar-refractivity contribution in [3.63, 3.8) is 0 Å². The van der Waals surface area contributed by atoms with Crippen LogP contribution in [0.25, 0.3) is 0 Å². The van der Waals surface area contributed by atoms with Crippen molar-refractivity contribution in [1.82, 2.24) is 5.32 Å². The highest BCUT2D eigenvalue weighted by atomic mass is 32.1. The predicted octanol–water partition coefficient (Wildman–Crippen LogP) is 1.58. The Bertz CT molecular complexity index is 413. The minimum absolute atomic E-state index is 0.173. The fourth-order valence-electron chi connectivity index (χ4n) is 0.847. The van der Waals surface area contributed by atoms with Crippen molar-refractivity contribution in [1.29, 1.82) is 0 Å². The smallest absolute Gasteiger partial charge is 0.417 e. The second-order valence-corrected chi connectivity index (χ2v) is 3.69. The number of alkyl halides is 3. The summed E-state index contributed by atoms with van der Waals surface area (Å²) < 4.78 is 36.5. The summed E-state index contributed by atoms with van der Waals surface area (Å²) >= 11 is 0.611. The molecule has 4 nitrogen and oxygen atoms in total. The number of aliphatic carboxylic acids is 1. The lowest BCUT2D eigenvalue weighted by atomic mass is 10.3. The lowest BCUT2D eigenvalue weighted by molar-refractivity contribution is -0.137. The van der Waals surface area contributed by atoms with Gasteiger partial charge < -0.3 is 10.4 Å². The van der Waals surface area contributed by atoms with Gasteiger partial charge in [0.1, 0.15) is 6.54 Å². The van der Waals surface area contributed by atoms with Crippen molar-refractivity contribution >= 4 is 23.2 Å². The Morgan fingerprint density at radius 3 is 2.50 bits per heavy atom. The van der Waals surface area contributed by atoms with Gasteiger partial charge in [-0.3, -0.25) is 9.59 Å². The quantitative estimate of drug-likeness (QED) is 0.859. The Morgan fingerprint density at radius 1 is 1.44 bits per heavy atom. The average Bonchev–Trinajstić information content (AvgIpc) is 2.61. The second kappa shape index (κ2) is 4.52. The maximum atomic E-state index is 12.2. The van der Waals surface area contributed by atoms with Gasteiger partial charge in [0.25, 0.3) is 5.91 Å². The zero-order chi connectivity index (χ0) is 12.3. The van der Waals surface area contributed by atoms with Crippen molar-refractivity contribution < 1.29 is 27.9 Å². The minimum atomic E-state index is -4.50. The molecule has 2 N–H and O–H groups in total. The van der Waals surface area contributed by atoms with Crippen LogP contribution in [0.1, 0.15) is 15.2 Å². The maximum Gasteiger partial charge on any atom is 0.417 e. The third kappa shape index (κ3) is 3.23. The monoisotopic (exact) mass is 253 g/mol. The molecule has 0 fully saturated rings. The molecule has 1 heterocycles. The van der Waals surface area contributed by atoms with E-state index in [-0.39, 0.29) is 4.88 Å². The number of carboxylic acid groups (broad SMARTS) is 1. The van der Waals surface area contributed by atoms with Gasteiger partial charge in [-0.05, 0) is 6.07 Å². The molecule has 1 aromatic rings. The Kier molecular flexibility index (Phi) is 3.53. The zero-order valence-corrected chi connectivity index (χ0v) is 8.48. The van der Waals surface area contributed by atoms with Gasteiger partial charge in [-0.1, -0.05) is 0 Å². The number of hydrogen-bond acceptors (Lipinski definition) is 3. The first-order chi connectivity index (χ1) is 7.30. The molecule has 0 saturated heterocycles. The van der Waals surface area contributed by atoms with E-state index in [1.807, 2.05) is 5.32 Å². The summed E-state index contributed by atoms with van der Waals surface area (Å²) in [6.45, 7) is -0.627. The molecule has 0 aromatic carbocycles.